The first-order chi connectivity index (χ1) is 39.5. The van der Waals surface area contributed by atoms with Crippen LogP contribution in [0.1, 0.15) is 412 Å². The SMILES string of the molecule is CCCCC/C=C\C/C=C\CCCCCCCCCCCC(=O)OCCCCCCCCCCCCCCCCCCCCCCCCCCCC(=O)NC(CO)C(O)CCCCCCCCCCCCCCCCCCCCC. The van der Waals surface area contributed by atoms with Crippen LogP contribution in [0.3, 0.4) is 0 Å². The number of unbranched alkanes of at least 4 members (excludes halogenated alkanes) is 54. The number of aliphatic hydroxyl groups is 2. The summed E-state index contributed by atoms with van der Waals surface area (Å²) in [5, 5.41) is 23.4. The molecule has 0 aliphatic carbocycles. The summed E-state index contributed by atoms with van der Waals surface area (Å²) in [6.07, 6.45) is 88.0. The number of hydrogen-bond donors (Lipinski definition) is 3. The van der Waals surface area contributed by atoms with Gasteiger partial charge in [-0.1, -0.05) is 366 Å². The second-order valence-electron chi connectivity index (χ2n) is 25.3. The summed E-state index contributed by atoms with van der Waals surface area (Å²) >= 11 is 0. The number of rotatable bonds is 69. The molecule has 0 spiro atoms. The van der Waals surface area contributed by atoms with E-state index in [9.17, 15) is 19.8 Å². The summed E-state index contributed by atoms with van der Waals surface area (Å²) in [4.78, 5) is 24.7. The Hall–Kier alpha value is -1.66. The zero-order chi connectivity index (χ0) is 57.8. The van der Waals surface area contributed by atoms with Gasteiger partial charge in [-0.2, -0.15) is 0 Å². The van der Waals surface area contributed by atoms with Crippen molar-refractivity contribution in [3.05, 3.63) is 24.3 Å². The van der Waals surface area contributed by atoms with E-state index in [1.807, 2.05) is 0 Å². The van der Waals surface area contributed by atoms with Crippen LogP contribution in [0.5, 0.6) is 0 Å². The molecular formula is C74H143NO5. The van der Waals surface area contributed by atoms with Crippen molar-refractivity contribution in [1.82, 2.24) is 5.32 Å². The van der Waals surface area contributed by atoms with E-state index in [1.54, 1.807) is 0 Å². The molecule has 0 bridgehead atoms. The van der Waals surface area contributed by atoms with E-state index in [4.69, 9.17) is 4.74 Å². The molecule has 2 atom stereocenters. The fraction of sp³-hybridized carbons (Fsp3) is 0.919. The number of hydrogen-bond acceptors (Lipinski definition) is 5. The smallest absolute Gasteiger partial charge is 0.305 e. The lowest BCUT2D eigenvalue weighted by Gasteiger charge is -2.22. The van der Waals surface area contributed by atoms with Crippen LogP contribution < -0.4 is 5.32 Å². The third kappa shape index (κ3) is 65.5. The van der Waals surface area contributed by atoms with Gasteiger partial charge >= 0.3 is 5.97 Å². The summed E-state index contributed by atoms with van der Waals surface area (Å²) in [7, 11) is 0. The van der Waals surface area contributed by atoms with Crippen molar-refractivity contribution in [3.8, 4) is 0 Å². The molecule has 474 valence electrons. The summed E-state index contributed by atoms with van der Waals surface area (Å²) in [5.74, 6) is -0.0153. The van der Waals surface area contributed by atoms with E-state index in [1.165, 1.54) is 327 Å². The topological polar surface area (TPSA) is 95.9 Å². The van der Waals surface area contributed by atoms with Gasteiger partial charge in [-0.3, -0.25) is 9.59 Å². The second kappa shape index (κ2) is 69.8. The first-order valence-electron chi connectivity index (χ1n) is 36.6. The molecule has 0 rings (SSSR count). The Bertz CT molecular complexity index is 1250. The molecule has 80 heavy (non-hydrogen) atoms. The number of carbonyl (C=O) groups excluding carboxylic acids is 2. The Morgan fingerprint density at radius 1 is 0.350 bits per heavy atom. The van der Waals surface area contributed by atoms with E-state index in [-0.39, 0.29) is 18.5 Å². The highest BCUT2D eigenvalue weighted by Gasteiger charge is 2.20. The lowest BCUT2D eigenvalue weighted by molar-refractivity contribution is -0.143. The minimum Gasteiger partial charge on any atom is -0.466 e. The lowest BCUT2D eigenvalue weighted by atomic mass is 10.0. The van der Waals surface area contributed by atoms with Gasteiger partial charge in [0.05, 0.1) is 25.4 Å². The molecule has 0 aromatic carbocycles. The van der Waals surface area contributed by atoms with Gasteiger partial charge in [-0.05, 0) is 57.8 Å². The average molecular weight is 1130 g/mol. The van der Waals surface area contributed by atoms with Crippen LogP contribution in [-0.4, -0.2) is 47.4 Å². The minimum absolute atomic E-state index is 0.0136. The first kappa shape index (κ1) is 78.3. The van der Waals surface area contributed by atoms with Crippen molar-refractivity contribution in [2.75, 3.05) is 13.2 Å². The molecule has 1 amide bonds. The molecule has 0 fully saturated rings. The minimum atomic E-state index is -0.664. The first-order valence-corrected chi connectivity index (χ1v) is 36.6. The van der Waals surface area contributed by atoms with Crippen molar-refractivity contribution < 1.29 is 24.5 Å². The van der Waals surface area contributed by atoms with Gasteiger partial charge in [0.15, 0.2) is 0 Å². The van der Waals surface area contributed by atoms with E-state index in [2.05, 4.69) is 43.5 Å². The van der Waals surface area contributed by atoms with E-state index in [0.29, 0.717) is 25.9 Å². The lowest BCUT2D eigenvalue weighted by Crippen LogP contribution is -2.45. The van der Waals surface area contributed by atoms with Crippen molar-refractivity contribution in [2.45, 2.75) is 424 Å². The number of nitrogens with one attached hydrogen (secondary N) is 1. The average Bonchev–Trinajstić information content (AvgIpc) is 3.46. The van der Waals surface area contributed by atoms with Crippen molar-refractivity contribution >= 4 is 11.9 Å². The number of carbonyl (C=O) groups is 2. The summed E-state index contributed by atoms with van der Waals surface area (Å²) < 4.78 is 5.51. The number of esters is 1. The third-order valence-electron chi connectivity index (χ3n) is 17.3. The van der Waals surface area contributed by atoms with Crippen LogP contribution >= 0.6 is 0 Å². The second-order valence-corrected chi connectivity index (χ2v) is 25.3. The molecule has 6 heteroatoms. The Morgan fingerprint density at radius 3 is 0.975 bits per heavy atom. The molecule has 0 radical (unpaired) electrons. The summed E-state index contributed by atoms with van der Waals surface area (Å²) in [6, 6.07) is -0.541. The van der Waals surface area contributed by atoms with E-state index in [0.717, 1.165) is 51.4 Å². The van der Waals surface area contributed by atoms with Gasteiger partial charge in [0.1, 0.15) is 0 Å². The standard InChI is InChI=1S/C74H143NO5/c1-3-5-7-9-11-13-15-17-19-21-30-34-38-42-46-50-54-58-62-66-72(77)71(70-76)75-73(78)67-63-59-55-51-47-43-39-35-32-28-26-24-23-25-27-29-33-37-41-45-49-53-57-61-65-69-80-74(79)68-64-60-56-52-48-44-40-36-31-22-20-18-16-14-12-10-8-6-4-2/h12,14,18,20,71-72,76-77H,3-11,13,15-17,19,21-70H2,1-2H3,(H,75,78)/b14-12-,20-18-. The Kier molecular flexibility index (Phi) is 68.4. The molecule has 2 unspecified atom stereocenters. The van der Waals surface area contributed by atoms with Crippen LogP contribution in [-0.2, 0) is 14.3 Å². The van der Waals surface area contributed by atoms with Gasteiger partial charge in [0.25, 0.3) is 0 Å². The molecule has 0 heterocycles. The fourth-order valence-electron chi connectivity index (χ4n) is 11.7. The molecule has 3 N–H and O–H groups in total. The fourth-order valence-corrected chi connectivity index (χ4v) is 11.7. The molecule has 6 nitrogen and oxygen atoms in total. The number of allylic oxidation sites excluding steroid dienone is 4. The molecule has 0 aliphatic heterocycles. The maximum atomic E-state index is 12.5. The number of ether oxygens (including phenoxy) is 1. The van der Waals surface area contributed by atoms with Crippen molar-refractivity contribution in [1.29, 1.82) is 0 Å². The van der Waals surface area contributed by atoms with E-state index < -0.39 is 12.1 Å². The highest BCUT2D eigenvalue weighted by molar-refractivity contribution is 5.76. The highest BCUT2D eigenvalue weighted by Crippen LogP contribution is 2.19. The molecule has 0 saturated heterocycles. The monoisotopic (exact) mass is 1130 g/mol. The van der Waals surface area contributed by atoms with Crippen LogP contribution in [0.2, 0.25) is 0 Å². The van der Waals surface area contributed by atoms with Crippen LogP contribution in [0.25, 0.3) is 0 Å². The number of aliphatic hydroxyl groups excluding tert-OH is 2. The van der Waals surface area contributed by atoms with Gasteiger partial charge in [-0.15, -0.1) is 0 Å². The van der Waals surface area contributed by atoms with E-state index >= 15 is 0 Å². The zero-order valence-electron chi connectivity index (χ0n) is 54.3. The van der Waals surface area contributed by atoms with Crippen LogP contribution in [0, 0.1) is 0 Å². The number of amides is 1. The Balaban J connectivity index is 3.35. The third-order valence-corrected chi connectivity index (χ3v) is 17.3. The molecule has 0 aromatic rings. The maximum absolute atomic E-state index is 12.5. The maximum Gasteiger partial charge on any atom is 0.305 e. The normalized spacial score (nSPS) is 12.6. The van der Waals surface area contributed by atoms with Crippen molar-refractivity contribution in [3.63, 3.8) is 0 Å². The van der Waals surface area contributed by atoms with Gasteiger partial charge in [0.2, 0.25) is 5.91 Å². The molecular weight excluding hydrogens is 983 g/mol. The predicted octanol–water partition coefficient (Wildman–Crippen LogP) is 23.7. The van der Waals surface area contributed by atoms with Crippen LogP contribution in [0.4, 0.5) is 0 Å². The molecule has 0 aliphatic rings. The highest BCUT2D eigenvalue weighted by atomic mass is 16.5. The van der Waals surface area contributed by atoms with Crippen LogP contribution in [0.15, 0.2) is 24.3 Å². The Labute approximate surface area is 501 Å². The quantitative estimate of drug-likeness (QED) is 0.0320. The van der Waals surface area contributed by atoms with Gasteiger partial charge in [0, 0.05) is 12.8 Å². The van der Waals surface area contributed by atoms with Gasteiger partial charge < -0.3 is 20.3 Å². The van der Waals surface area contributed by atoms with Crippen molar-refractivity contribution in [2.24, 2.45) is 0 Å². The zero-order valence-corrected chi connectivity index (χ0v) is 54.3. The summed E-state index contributed by atoms with van der Waals surface area (Å²) in [5.41, 5.74) is 0. The summed E-state index contributed by atoms with van der Waals surface area (Å²) in [6.45, 7) is 4.97. The predicted molar refractivity (Wildman–Crippen MR) is 352 cm³/mol. The largest absolute Gasteiger partial charge is 0.466 e. The molecule has 0 aromatic heterocycles. The van der Waals surface area contributed by atoms with Gasteiger partial charge in [-0.25, -0.2) is 0 Å². The Morgan fingerprint density at radius 2 is 0.625 bits per heavy atom. The molecule has 0 saturated carbocycles.